The molecule has 0 fully saturated rings. The lowest BCUT2D eigenvalue weighted by molar-refractivity contribution is 0.0519. The Hall–Kier alpha value is -1.23. The van der Waals surface area contributed by atoms with Crippen LogP contribution in [0.15, 0.2) is 0 Å². The minimum atomic E-state index is -0.532. The number of nitrogens with zero attached hydrogens (tertiary/aromatic N) is 1. The zero-order chi connectivity index (χ0) is 10.6. The summed E-state index contributed by atoms with van der Waals surface area (Å²) in [4.78, 5) is 11.2. The van der Waals surface area contributed by atoms with E-state index in [0.29, 0.717) is 6.61 Å². The Morgan fingerprint density at radius 2 is 2.21 bits per heavy atom. The van der Waals surface area contributed by atoms with Crippen molar-refractivity contribution in [2.24, 2.45) is 0 Å². The van der Waals surface area contributed by atoms with Crippen LogP contribution in [0, 0.1) is 0 Å². The third-order valence-electron chi connectivity index (χ3n) is 1.44. The summed E-state index contributed by atoms with van der Waals surface area (Å²) in [6, 6.07) is 0. The van der Waals surface area contributed by atoms with Crippen LogP contribution >= 0.6 is 11.6 Å². The van der Waals surface area contributed by atoms with Crippen molar-refractivity contribution < 1.29 is 14.3 Å². The topological polar surface area (TPSA) is 64.2 Å². The van der Waals surface area contributed by atoms with Crippen LogP contribution in [-0.2, 0) is 4.74 Å². The van der Waals surface area contributed by atoms with Crippen molar-refractivity contribution in [3.05, 3.63) is 10.7 Å². The van der Waals surface area contributed by atoms with Gasteiger partial charge < -0.3 is 9.47 Å². The van der Waals surface area contributed by atoms with E-state index in [0.717, 1.165) is 0 Å². The Balaban J connectivity index is 2.83. The van der Waals surface area contributed by atoms with E-state index in [1.807, 2.05) is 0 Å². The zero-order valence-corrected chi connectivity index (χ0v) is 8.72. The SMILES string of the molecule is CCOC(=O)c1[nH]nc(OCC)c1Cl. The summed E-state index contributed by atoms with van der Waals surface area (Å²) >= 11 is 5.81. The van der Waals surface area contributed by atoms with Gasteiger partial charge in [-0.3, -0.25) is 5.10 Å². The van der Waals surface area contributed by atoms with Crippen LogP contribution in [0.25, 0.3) is 0 Å². The van der Waals surface area contributed by atoms with E-state index in [-0.39, 0.29) is 23.2 Å². The fourth-order valence-corrected chi connectivity index (χ4v) is 1.10. The van der Waals surface area contributed by atoms with Gasteiger partial charge in [0.2, 0.25) is 0 Å². The van der Waals surface area contributed by atoms with E-state index >= 15 is 0 Å². The first-order valence-electron chi connectivity index (χ1n) is 4.24. The fourth-order valence-electron chi connectivity index (χ4n) is 0.883. The van der Waals surface area contributed by atoms with Crippen molar-refractivity contribution in [2.75, 3.05) is 13.2 Å². The van der Waals surface area contributed by atoms with Gasteiger partial charge >= 0.3 is 5.97 Å². The molecule has 0 aliphatic rings. The maximum absolute atomic E-state index is 11.2. The number of H-pyrrole nitrogens is 1. The second-order valence-corrected chi connectivity index (χ2v) is 2.75. The van der Waals surface area contributed by atoms with Gasteiger partial charge in [0.05, 0.1) is 13.2 Å². The summed E-state index contributed by atoms with van der Waals surface area (Å²) < 4.78 is 9.81. The molecule has 0 aliphatic carbocycles. The lowest BCUT2D eigenvalue weighted by Gasteiger charge is -1.99. The third kappa shape index (κ3) is 2.17. The normalized spacial score (nSPS) is 9.93. The number of aromatic nitrogens is 2. The summed E-state index contributed by atoms with van der Waals surface area (Å²) in [5.41, 5.74) is 0.122. The third-order valence-corrected chi connectivity index (χ3v) is 1.79. The van der Waals surface area contributed by atoms with E-state index in [1.165, 1.54) is 0 Å². The molecule has 0 aliphatic heterocycles. The molecule has 1 aromatic heterocycles. The fraction of sp³-hybridized carbons (Fsp3) is 0.500. The molecule has 0 unspecified atom stereocenters. The van der Waals surface area contributed by atoms with Gasteiger partial charge in [0.25, 0.3) is 5.88 Å². The Kier molecular flexibility index (Phi) is 3.76. The number of ether oxygens (including phenoxy) is 2. The Morgan fingerprint density at radius 3 is 2.79 bits per heavy atom. The first kappa shape index (κ1) is 10.8. The second kappa shape index (κ2) is 4.85. The van der Waals surface area contributed by atoms with Crippen LogP contribution in [0.5, 0.6) is 5.88 Å². The minimum Gasteiger partial charge on any atom is -0.476 e. The average Bonchev–Trinajstić information content (AvgIpc) is 2.49. The summed E-state index contributed by atoms with van der Waals surface area (Å²) in [5.74, 6) is -0.312. The lowest BCUT2D eigenvalue weighted by Crippen LogP contribution is -2.05. The Bertz CT molecular complexity index is 324. The average molecular weight is 219 g/mol. The molecule has 0 atom stereocenters. The predicted octanol–water partition coefficient (Wildman–Crippen LogP) is 1.64. The highest BCUT2D eigenvalue weighted by Gasteiger charge is 2.19. The molecule has 0 spiro atoms. The standard InChI is InChI=1S/C8H11ClN2O3/c1-3-13-7-5(9)6(10-11-7)8(12)14-4-2/h3-4H2,1-2H3,(H,10,11). The molecule has 1 N–H and O–H groups in total. The number of carbonyl (C=O) groups excluding carboxylic acids is 1. The van der Waals surface area contributed by atoms with Crippen LogP contribution in [0.2, 0.25) is 5.02 Å². The molecule has 5 nitrogen and oxygen atoms in total. The maximum Gasteiger partial charge on any atom is 0.358 e. The molecular formula is C8H11ClN2O3. The molecular weight excluding hydrogens is 208 g/mol. The van der Waals surface area contributed by atoms with Crippen molar-refractivity contribution in [3.63, 3.8) is 0 Å². The maximum atomic E-state index is 11.2. The summed E-state index contributed by atoms with van der Waals surface area (Å²) in [6.45, 7) is 4.24. The highest BCUT2D eigenvalue weighted by atomic mass is 35.5. The molecule has 0 radical (unpaired) electrons. The van der Waals surface area contributed by atoms with Crippen molar-refractivity contribution in [1.82, 2.24) is 10.2 Å². The Labute approximate surface area is 86.3 Å². The van der Waals surface area contributed by atoms with Gasteiger partial charge in [-0.05, 0) is 13.8 Å². The number of hydrogen-bond acceptors (Lipinski definition) is 4. The zero-order valence-electron chi connectivity index (χ0n) is 7.96. The van der Waals surface area contributed by atoms with Crippen LogP contribution < -0.4 is 4.74 Å². The van der Waals surface area contributed by atoms with Crippen LogP contribution in [0.3, 0.4) is 0 Å². The van der Waals surface area contributed by atoms with Crippen molar-refractivity contribution in [3.8, 4) is 5.88 Å². The number of carbonyl (C=O) groups is 1. The van der Waals surface area contributed by atoms with Crippen molar-refractivity contribution in [1.29, 1.82) is 0 Å². The number of halogens is 1. The number of nitrogens with one attached hydrogen (secondary N) is 1. The molecule has 1 aromatic rings. The van der Waals surface area contributed by atoms with Gasteiger partial charge in [0.1, 0.15) is 5.02 Å². The summed E-state index contributed by atoms with van der Waals surface area (Å²) in [5, 5.41) is 6.35. The largest absolute Gasteiger partial charge is 0.476 e. The van der Waals surface area contributed by atoms with Gasteiger partial charge in [-0.1, -0.05) is 11.6 Å². The highest BCUT2D eigenvalue weighted by Crippen LogP contribution is 2.25. The minimum absolute atomic E-state index is 0.122. The summed E-state index contributed by atoms with van der Waals surface area (Å²) in [7, 11) is 0. The molecule has 1 heterocycles. The van der Waals surface area contributed by atoms with E-state index in [2.05, 4.69) is 10.2 Å². The van der Waals surface area contributed by atoms with E-state index in [9.17, 15) is 4.79 Å². The van der Waals surface area contributed by atoms with Gasteiger partial charge in [0, 0.05) is 0 Å². The number of hydrogen-bond donors (Lipinski definition) is 1. The van der Waals surface area contributed by atoms with Gasteiger partial charge in [-0.2, -0.15) is 0 Å². The molecule has 6 heteroatoms. The number of esters is 1. The van der Waals surface area contributed by atoms with Crippen molar-refractivity contribution in [2.45, 2.75) is 13.8 Å². The molecule has 14 heavy (non-hydrogen) atoms. The molecule has 78 valence electrons. The Morgan fingerprint density at radius 1 is 1.50 bits per heavy atom. The second-order valence-electron chi connectivity index (χ2n) is 2.37. The van der Waals surface area contributed by atoms with E-state index in [4.69, 9.17) is 21.1 Å². The quantitative estimate of drug-likeness (QED) is 0.781. The highest BCUT2D eigenvalue weighted by molar-refractivity contribution is 6.34. The van der Waals surface area contributed by atoms with Gasteiger partial charge in [0.15, 0.2) is 5.69 Å². The molecule has 0 saturated heterocycles. The summed E-state index contributed by atoms with van der Waals surface area (Å²) in [6.07, 6.45) is 0. The molecule has 0 saturated carbocycles. The van der Waals surface area contributed by atoms with Crippen LogP contribution in [0.1, 0.15) is 24.3 Å². The van der Waals surface area contributed by atoms with Crippen LogP contribution in [0.4, 0.5) is 0 Å². The molecule has 0 aromatic carbocycles. The van der Waals surface area contributed by atoms with Gasteiger partial charge in [-0.25, -0.2) is 4.79 Å². The van der Waals surface area contributed by atoms with E-state index < -0.39 is 5.97 Å². The first-order valence-corrected chi connectivity index (χ1v) is 4.62. The molecule has 0 amide bonds. The number of aromatic amines is 1. The lowest BCUT2D eigenvalue weighted by atomic mass is 10.4. The molecule has 1 rings (SSSR count). The van der Waals surface area contributed by atoms with Gasteiger partial charge in [-0.15, -0.1) is 5.10 Å². The monoisotopic (exact) mass is 218 g/mol. The van der Waals surface area contributed by atoms with Crippen LogP contribution in [-0.4, -0.2) is 29.4 Å². The van der Waals surface area contributed by atoms with Crippen molar-refractivity contribution >= 4 is 17.6 Å². The smallest absolute Gasteiger partial charge is 0.358 e. The number of rotatable bonds is 4. The molecule has 0 bridgehead atoms. The first-order chi connectivity index (χ1) is 6.70. The van der Waals surface area contributed by atoms with E-state index in [1.54, 1.807) is 13.8 Å². The predicted molar refractivity (Wildman–Crippen MR) is 50.7 cm³/mol.